The standard InChI is InChI=1S/C9H11Cl2N/c1-2-9(12)6-3-7(10)5-8(11)4-6/h3-5,9H,2,12H2,1H3/t9-/m1/s1. The fourth-order valence-corrected chi connectivity index (χ4v) is 1.57. The van der Waals surface area contributed by atoms with Gasteiger partial charge in [-0.2, -0.15) is 0 Å². The molecule has 1 rings (SSSR count). The van der Waals surface area contributed by atoms with Crippen LogP contribution in [0.15, 0.2) is 18.2 Å². The zero-order chi connectivity index (χ0) is 9.14. The van der Waals surface area contributed by atoms with Gasteiger partial charge >= 0.3 is 0 Å². The van der Waals surface area contributed by atoms with Crippen LogP contribution in [0.2, 0.25) is 10.0 Å². The fraction of sp³-hybridized carbons (Fsp3) is 0.333. The summed E-state index contributed by atoms with van der Waals surface area (Å²) >= 11 is 11.6. The van der Waals surface area contributed by atoms with E-state index in [4.69, 9.17) is 28.9 Å². The van der Waals surface area contributed by atoms with Crippen molar-refractivity contribution in [3.63, 3.8) is 0 Å². The van der Waals surface area contributed by atoms with E-state index in [9.17, 15) is 0 Å². The number of nitrogens with two attached hydrogens (primary N) is 1. The lowest BCUT2D eigenvalue weighted by atomic mass is 10.1. The van der Waals surface area contributed by atoms with Crippen molar-refractivity contribution < 1.29 is 0 Å². The van der Waals surface area contributed by atoms with Gasteiger partial charge in [-0.25, -0.2) is 0 Å². The molecule has 2 N–H and O–H groups in total. The van der Waals surface area contributed by atoms with E-state index >= 15 is 0 Å². The van der Waals surface area contributed by atoms with Crippen molar-refractivity contribution in [2.45, 2.75) is 19.4 Å². The van der Waals surface area contributed by atoms with E-state index in [1.807, 2.05) is 19.1 Å². The minimum Gasteiger partial charge on any atom is -0.324 e. The quantitative estimate of drug-likeness (QED) is 0.784. The SMILES string of the molecule is CC[C@@H](N)c1cc(Cl)cc(Cl)c1. The number of benzene rings is 1. The highest BCUT2D eigenvalue weighted by Crippen LogP contribution is 2.23. The second kappa shape index (κ2) is 4.13. The average molecular weight is 204 g/mol. The smallest absolute Gasteiger partial charge is 0.0424 e. The Morgan fingerprint density at radius 3 is 2.17 bits per heavy atom. The third kappa shape index (κ3) is 2.37. The Bertz CT molecular complexity index is 253. The fourth-order valence-electron chi connectivity index (χ4n) is 1.02. The van der Waals surface area contributed by atoms with E-state index in [-0.39, 0.29) is 6.04 Å². The first-order chi connectivity index (χ1) is 5.63. The number of halogens is 2. The summed E-state index contributed by atoms with van der Waals surface area (Å²) in [6.07, 6.45) is 0.886. The summed E-state index contributed by atoms with van der Waals surface area (Å²) in [6, 6.07) is 5.43. The molecule has 0 saturated heterocycles. The van der Waals surface area contributed by atoms with Gasteiger partial charge in [-0.3, -0.25) is 0 Å². The van der Waals surface area contributed by atoms with Crippen LogP contribution in [0.5, 0.6) is 0 Å². The van der Waals surface area contributed by atoms with Gasteiger partial charge in [0.05, 0.1) is 0 Å². The second-order valence-electron chi connectivity index (χ2n) is 2.72. The molecule has 0 aliphatic heterocycles. The molecule has 1 aromatic carbocycles. The topological polar surface area (TPSA) is 26.0 Å². The maximum absolute atomic E-state index is 5.81. The highest BCUT2D eigenvalue weighted by atomic mass is 35.5. The Morgan fingerprint density at radius 1 is 1.25 bits per heavy atom. The van der Waals surface area contributed by atoms with Crippen molar-refractivity contribution in [1.29, 1.82) is 0 Å². The van der Waals surface area contributed by atoms with Gasteiger partial charge in [0, 0.05) is 16.1 Å². The van der Waals surface area contributed by atoms with Gasteiger partial charge in [-0.05, 0) is 30.2 Å². The lowest BCUT2D eigenvalue weighted by molar-refractivity contribution is 0.699. The van der Waals surface area contributed by atoms with E-state index in [0.717, 1.165) is 12.0 Å². The summed E-state index contributed by atoms with van der Waals surface area (Å²) in [7, 11) is 0. The van der Waals surface area contributed by atoms with Crippen LogP contribution in [0.1, 0.15) is 24.9 Å². The normalized spacial score (nSPS) is 13.0. The largest absolute Gasteiger partial charge is 0.324 e. The first kappa shape index (κ1) is 9.85. The predicted octanol–water partition coefficient (Wildman–Crippen LogP) is 3.40. The van der Waals surface area contributed by atoms with Gasteiger partial charge in [0.2, 0.25) is 0 Å². The Labute approximate surface area is 82.5 Å². The van der Waals surface area contributed by atoms with E-state index in [2.05, 4.69) is 0 Å². The van der Waals surface area contributed by atoms with Crippen LogP contribution in [0, 0.1) is 0 Å². The zero-order valence-electron chi connectivity index (χ0n) is 6.85. The molecular formula is C9H11Cl2N. The van der Waals surface area contributed by atoms with Gasteiger partial charge in [0.15, 0.2) is 0 Å². The van der Waals surface area contributed by atoms with Crippen molar-refractivity contribution in [3.8, 4) is 0 Å². The second-order valence-corrected chi connectivity index (χ2v) is 3.59. The molecule has 0 aliphatic carbocycles. The average Bonchev–Trinajstić information content (AvgIpc) is 2.01. The highest BCUT2D eigenvalue weighted by molar-refractivity contribution is 6.34. The van der Waals surface area contributed by atoms with E-state index in [1.165, 1.54) is 0 Å². The first-order valence-electron chi connectivity index (χ1n) is 3.85. The van der Waals surface area contributed by atoms with Crippen LogP contribution in [0.25, 0.3) is 0 Å². The molecule has 0 spiro atoms. The molecule has 1 nitrogen and oxygen atoms in total. The molecule has 0 saturated carbocycles. The molecule has 0 unspecified atom stereocenters. The first-order valence-corrected chi connectivity index (χ1v) is 4.60. The molecule has 1 aromatic rings. The molecule has 0 heterocycles. The van der Waals surface area contributed by atoms with Crippen molar-refractivity contribution in [3.05, 3.63) is 33.8 Å². The molecule has 0 radical (unpaired) electrons. The van der Waals surface area contributed by atoms with Gasteiger partial charge in [-0.1, -0.05) is 30.1 Å². The summed E-state index contributed by atoms with van der Waals surface area (Å²) in [5.74, 6) is 0. The molecule has 1 atom stereocenters. The Hall–Kier alpha value is -0.240. The maximum Gasteiger partial charge on any atom is 0.0424 e. The van der Waals surface area contributed by atoms with Crippen LogP contribution in [0.3, 0.4) is 0 Å². The van der Waals surface area contributed by atoms with Gasteiger partial charge in [0.25, 0.3) is 0 Å². The molecule has 66 valence electrons. The Kier molecular flexibility index (Phi) is 3.39. The Balaban J connectivity index is 3.00. The van der Waals surface area contributed by atoms with Crippen molar-refractivity contribution in [1.82, 2.24) is 0 Å². The molecular weight excluding hydrogens is 193 g/mol. The van der Waals surface area contributed by atoms with E-state index < -0.39 is 0 Å². The van der Waals surface area contributed by atoms with Gasteiger partial charge in [0.1, 0.15) is 0 Å². The summed E-state index contributed by atoms with van der Waals surface area (Å²) in [5.41, 5.74) is 6.81. The van der Waals surface area contributed by atoms with Crippen LogP contribution in [-0.2, 0) is 0 Å². The monoisotopic (exact) mass is 203 g/mol. The third-order valence-electron chi connectivity index (χ3n) is 1.75. The van der Waals surface area contributed by atoms with Gasteiger partial charge < -0.3 is 5.73 Å². The summed E-state index contributed by atoms with van der Waals surface area (Å²) in [6.45, 7) is 2.03. The Morgan fingerprint density at radius 2 is 1.75 bits per heavy atom. The summed E-state index contributed by atoms with van der Waals surface area (Å²) < 4.78 is 0. The summed E-state index contributed by atoms with van der Waals surface area (Å²) in [5, 5.41) is 1.28. The highest BCUT2D eigenvalue weighted by Gasteiger charge is 2.04. The van der Waals surface area contributed by atoms with Gasteiger partial charge in [-0.15, -0.1) is 0 Å². The molecule has 12 heavy (non-hydrogen) atoms. The van der Waals surface area contributed by atoms with Crippen LogP contribution < -0.4 is 5.73 Å². The molecule has 3 heteroatoms. The molecule has 0 amide bonds. The van der Waals surface area contributed by atoms with Crippen LogP contribution in [-0.4, -0.2) is 0 Å². The minimum absolute atomic E-state index is 0.0289. The summed E-state index contributed by atoms with van der Waals surface area (Å²) in [4.78, 5) is 0. The lowest BCUT2D eigenvalue weighted by Gasteiger charge is -2.09. The minimum atomic E-state index is 0.0289. The molecule has 0 fully saturated rings. The third-order valence-corrected chi connectivity index (χ3v) is 2.19. The predicted molar refractivity (Wildman–Crippen MR) is 53.7 cm³/mol. The van der Waals surface area contributed by atoms with Crippen molar-refractivity contribution >= 4 is 23.2 Å². The van der Waals surface area contributed by atoms with Crippen LogP contribution >= 0.6 is 23.2 Å². The van der Waals surface area contributed by atoms with Crippen LogP contribution in [0.4, 0.5) is 0 Å². The molecule has 0 aliphatic rings. The zero-order valence-corrected chi connectivity index (χ0v) is 8.36. The maximum atomic E-state index is 5.81. The van der Waals surface area contributed by atoms with E-state index in [0.29, 0.717) is 10.0 Å². The van der Waals surface area contributed by atoms with Crippen molar-refractivity contribution in [2.75, 3.05) is 0 Å². The van der Waals surface area contributed by atoms with Crippen molar-refractivity contribution in [2.24, 2.45) is 5.73 Å². The number of rotatable bonds is 2. The number of hydrogen-bond acceptors (Lipinski definition) is 1. The van der Waals surface area contributed by atoms with E-state index in [1.54, 1.807) is 6.07 Å². The lowest BCUT2D eigenvalue weighted by Crippen LogP contribution is -2.08. The molecule has 0 bridgehead atoms. The number of hydrogen-bond donors (Lipinski definition) is 1. The molecule has 0 aromatic heterocycles.